The van der Waals surface area contributed by atoms with Crippen LogP contribution in [0.4, 0.5) is 0 Å². The van der Waals surface area contributed by atoms with Crippen molar-refractivity contribution in [1.29, 1.82) is 5.26 Å². The van der Waals surface area contributed by atoms with Crippen LogP contribution in [-0.2, 0) is 12.8 Å². The van der Waals surface area contributed by atoms with E-state index in [0.717, 1.165) is 47.2 Å². The molecule has 0 unspecified atom stereocenters. The number of aliphatic imine (C=N–C) groups is 1. The molecule has 0 saturated carbocycles. The van der Waals surface area contributed by atoms with Crippen LogP contribution in [0.5, 0.6) is 5.75 Å². The van der Waals surface area contributed by atoms with Gasteiger partial charge in [0.25, 0.3) is 0 Å². The van der Waals surface area contributed by atoms with Crippen LogP contribution in [0.3, 0.4) is 0 Å². The lowest BCUT2D eigenvalue weighted by Gasteiger charge is -2.27. The van der Waals surface area contributed by atoms with Crippen LogP contribution < -0.4 is 4.74 Å². The maximum absolute atomic E-state index is 9.17. The van der Waals surface area contributed by atoms with Crippen molar-refractivity contribution in [2.75, 3.05) is 0 Å². The number of nitrogens with zero attached hydrogens (tertiary/aromatic N) is 2. The van der Waals surface area contributed by atoms with Gasteiger partial charge in [0.1, 0.15) is 11.5 Å². The molecule has 114 valence electrons. The second-order valence-corrected chi connectivity index (χ2v) is 6.98. The molecule has 2 aliphatic rings. The lowest BCUT2D eigenvalue weighted by atomic mass is 9.87. The summed E-state index contributed by atoms with van der Waals surface area (Å²) < 4.78 is 7.34. The van der Waals surface area contributed by atoms with Crippen molar-refractivity contribution in [3.63, 3.8) is 0 Å². The SMILES string of the molecule is N#CN=C1c2cc(Br)ccc2OC12CCc1ccccc1CC2. The first-order valence-corrected chi connectivity index (χ1v) is 8.54. The van der Waals surface area contributed by atoms with Crippen LogP contribution in [-0.4, -0.2) is 11.3 Å². The molecule has 0 N–H and O–H groups in total. The molecule has 0 amide bonds. The molecular weight excluding hydrogens is 352 g/mol. The maximum Gasteiger partial charge on any atom is 0.206 e. The standard InChI is InChI=1S/C19H15BrN2O/c20-15-5-6-17-16(11-15)18(22-12-21)19(23-17)9-7-13-3-1-2-4-14(13)8-10-19/h1-6,11H,7-10H2. The lowest BCUT2D eigenvalue weighted by Crippen LogP contribution is -2.40. The van der Waals surface area contributed by atoms with Crippen molar-refractivity contribution >= 4 is 21.6 Å². The van der Waals surface area contributed by atoms with Crippen LogP contribution in [0, 0.1) is 11.5 Å². The fourth-order valence-corrected chi connectivity index (χ4v) is 4.04. The predicted octanol–water partition coefficient (Wildman–Crippen LogP) is 4.43. The van der Waals surface area contributed by atoms with Gasteiger partial charge in [0, 0.05) is 10.0 Å². The van der Waals surface area contributed by atoms with Crippen molar-refractivity contribution in [1.82, 2.24) is 0 Å². The summed E-state index contributed by atoms with van der Waals surface area (Å²) in [7, 11) is 0. The number of rotatable bonds is 0. The fraction of sp³-hybridized carbons (Fsp3) is 0.263. The van der Waals surface area contributed by atoms with E-state index in [1.54, 1.807) is 0 Å². The lowest BCUT2D eigenvalue weighted by molar-refractivity contribution is 0.138. The van der Waals surface area contributed by atoms with Crippen molar-refractivity contribution in [2.45, 2.75) is 31.3 Å². The quantitative estimate of drug-likeness (QED) is 0.647. The van der Waals surface area contributed by atoms with E-state index in [2.05, 4.69) is 45.2 Å². The molecule has 0 bridgehead atoms. The van der Waals surface area contributed by atoms with E-state index in [9.17, 15) is 5.26 Å². The monoisotopic (exact) mass is 366 g/mol. The van der Waals surface area contributed by atoms with E-state index in [1.165, 1.54) is 11.1 Å². The molecule has 1 heterocycles. The molecule has 2 aromatic rings. The average molecular weight is 367 g/mol. The molecule has 23 heavy (non-hydrogen) atoms. The molecule has 0 aromatic heterocycles. The second kappa shape index (κ2) is 5.50. The van der Waals surface area contributed by atoms with Crippen molar-refractivity contribution < 1.29 is 4.74 Å². The number of nitriles is 1. The molecule has 4 rings (SSSR count). The van der Waals surface area contributed by atoms with E-state index in [4.69, 9.17) is 4.74 Å². The number of benzene rings is 2. The number of aryl methyl sites for hydroxylation is 2. The van der Waals surface area contributed by atoms with Gasteiger partial charge in [-0.15, -0.1) is 0 Å². The number of hydrogen-bond acceptors (Lipinski definition) is 3. The van der Waals surface area contributed by atoms with Gasteiger partial charge >= 0.3 is 0 Å². The number of halogens is 1. The summed E-state index contributed by atoms with van der Waals surface area (Å²) >= 11 is 3.50. The summed E-state index contributed by atoms with van der Waals surface area (Å²) in [5.74, 6) is 0.827. The highest BCUT2D eigenvalue weighted by Crippen LogP contribution is 2.43. The molecule has 1 spiro atoms. The van der Waals surface area contributed by atoms with E-state index in [1.807, 2.05) is 24.4 Å². The largest absolute Gasteiger partial charge is 0.480 e. The Morgan fingerprint density at radius 1 is 1.09 bits per heavy atom. The van der Waals surface area contributed by atoms with Gasteiger partial charge in [-0.05, 0) is 55.0 Å². The van der Waals surface area contributed by atoms with Crippen molar-refractivity contribution in [3.8, 4) is 11.9 Å². The van der Waals surface area contributed by atoms with Crippen molar-refractivity contribution in [2.24, 2.45) is 4.99 Å². The molecule has 4 heteroatoms. The van der Waals surface area contributed by atoms with Crippen LogP contribution in [0.15, 0.2) is 51.9 Å². The first kappa shape index (κ1) is 14.5. The van der Waals surface area contributed by atoms with Gasteiger partial charge in [-0.2, -0.15) is 10.3 Å². The minimum atomic E-state index is -0.488. The third kappa shape index (κ3) is 2.36. The Morgan fingerprint density at radius 3 is 2.43 bits per heavy atom. The maximum atomic E-state index is 9.17. The van der Waals surface area contributed by atoms with Gasteiger partial charge in [-0.25, -0.2) is 0 Å². The Kier molecular flexibility index (Phi) is 3.46. The van der Waals surface area contributed by atoms with E-state index in [-0.39, 0.29) is 0 Å². The highest BCUT2D eigenvalue weighted by atomic mass is 79.9. The minimum Gasteiger partial charge on any atom is -0.480 e. The first-order chi connectivity index (χ1) is 11.2. The zero-order valence-corrected chi connectivity index (χ0v) is 14.1. The van der Waals surface area contributed by atoms with Gasteiger partial charge in [0.15, 0.2) is 5.60 Å². The normalized spacial score (nSPS) is 19.6. The molecule has 0 fully saturated rings. The third-order valence-electron chi connectivity index (χ3n) is 4.81. The fourth-order valence-electron chi connectivity index (χ4n) is 3.67. The minimum absolute atomic E-state index is 0.488. The molecule has 0 saturated heterocycles. The zero-order valence-electron chi connectivity index (χ0n) is 12.6. The smallest absolute Gasteiger partial charge is 0.206 e. The molecule has 1 aliphatic carbocycles. The first-order valence-electron chi connectivity index (χ1n) is 7.75. The third-order valence-corrected chi connectivity index (χ3v) is 5.30. The van der Waals surface area contributed by atoms with Crippen LogP contribution in [0.1, 0.15) is 29.5 Å². The molecule has 0 radical (unpaired) electrons. The van der Waals surface area contributed by atoms with E-state index >= 15 is 0 Å². The summed E-state index contributed by atoms with van der Waals surface area (Å²) in [6.07, 6.45) is 5.54. The Bertz CT molecular complexity index is 824. The molecule has 0 atom stereocenters. The molecule has 3 nitrogen and oxygen atoms in total. The van der Waals surface area contributed by atoms with E-state index in [0.29, 0.717) is 0 Å². The van der Waals surface area contributed by atoms with Crippen molar-refractivity contribution in [3.05, 3.63) is 63.6 Å². The highest BCUT2D eigenvalue weighted by Gasteiger charge is 2.46. The zero-order chi connectivity index (χ0) is 15.9. The summed E-state index contributed by atoms with van der Waals surface area (Å²) in [4.78, 5) is 4.16. The molecule has 1 aliphatic heterocycles. The topological polar surface area (TPSA) is 45.4 Å². The van der Waals surface area contributed by atoms with E-state index < -0.39 is 5.60 Å². The Balaban J connectivity index is 1.78. The number of fused-ring (bicyclic) bond motifs is 2. The predicted molar refractivity (Wildman–Crippen MR) is 92.7 cm³/mol. The van der Waals surface area contributed by atoms with Gasteiger partial charge < -0.3 is 4.74 Å². The Morgan fingerprint density at radius 2 is 1.78 bits per heavy atom. The second-order valence-electron chi connectivity index (χ2n) is 6.07. The summed E-state index contributed by atoms with van der Waals surface area (Å²) in [5, 5.41) is 9.17. The van der Waals surface area contributed by atoms with Crippen LogP contribution >= 0.6 is 15.9 Å². The molecule has 2 aromatic carbocycles. The number of hydrogen-bond donors (Lipinski definition) is 0. The van der Waals surface area contributed by atoms with Gasteiger partial charge in [-0.3, -0.25) is 0 Å². The summed E-state index contributed by atoms with van der Waals surface area (Å²) in [6, 6.07) is 14.5. The molecular formula is C19H15BrN2O. The van der Waals surface area contributed by atoms with Gasteiger partial charge in [0.2, 0.25) is 6.19 Å². The Hall–Kier alpha value is -2.12. The van der Waals surface area contributed by atoms with Gasteiger partial charge in [-0.1, -0.05) is 40.2 Å². The Labute approximate surface area is 143 Å². The summed E-state index contributed by atoms with van der Waals surface area (Å²) in [6.45, 7) is 0. The van der Waals surface area contributed by atoms with Crippen LogP contribution in [0.25, 0.3) is 0 Å². The van der Waals surface area contributed by atoms with Crippen LogP contribution in [0.2, 0.25) is 0 Å². The average Bonchev–Trinajstić information content (AvgIpc) is 2.73. The van der Waals surface area contributed by atoms with Gasteiger partial charge in [0.05, 0.1) is 0 Å². The number of ether oxygens (including phenoxy) is 1. The highest BCUT2D eigenvalue weighted by molar-refractivity contribution is 9.10. The summed E-state index contributed by atoms with van der Waals surface area (Å²) in [5.41, 5.74) is 3.98.